The van der Waals surface area contributed by atoms with Crippen molar-refractivity contribution in [3.8, 4) is 0 Å². The average Bonchev–Trinajstić information content (AvgIpc) is 2.72. The van der Waals surface area contributed by atoms with Crippen LogP contribution >= 0.6 is 11.8 Å². The Morgan fingerprint density at radius 3 is 2.70 bits per heavy atom. The van der Waals surface area contributed by atoms with Crippen molar-refractivity contribution in [1.82, 2.24) is 14.9 Å². The summed E-state index contributed by atoms with van der Waals surface area (Å²) in [5, 5.41) is 4.15. The summed E-state index contributed by atoms with van der Waals surface area (Å²) >= 11 is 1.53. The Morgan fingerprint density at radius 2 is 2.00 bits per heavy atom. The van der Waals surface area contributed by atoms with Gasteiger partial charge in [0, 0.05) is 25.8 Å². The molecule has 0 atom stereocenters. The van der Waals surface area contributed by atoms with Gasteiger partial charge in [-0.05, 0) is 43.6 Å². The van der Waals surface area contributed by atoms with E-state index in [4.69, 9.17) is 4.74 Å². The number of aryl methyl sites for hydroxylation is 1. The molecule has 2 aromatic rings. The Labute approximate surface area is 164 Å². The zero-order valence-corrected chi connectivity index (χ0v) is 16.7. The van der Waals surface area contributed by atoms with Gasteiger partial charge in [0.15, 0.2) is 5.16 Å². The van der Waals surface area contributed by atoms with E-state index in [1.807, 2.05) is 43.5 Å². The fourth-order valence-corrected chi connectivity index (χ4v) is 3.38. The first-order valence-electron chi connectivity index (χ1n) is 9.22. The zero-order valence-electron chi connectivity index (χ0n) is 15.9. The summed E-state index contributed by atoms with van der Waals surface area (Å²) in [4.78, 5) is 22.7. The van der Waals surface area contributed by atoms with E-state index in [0.717, 1.165) is 49.0 Å². The fraction of sp³-hybridized carbons (Fsp3) is 0.450. The molecule has 1 aromatic heterocycles. The summed E-state index contributed by atoms with van der Waals surface area (Å²) in [5.74, 6) is 1.38. The van der Waals surface area contributed by atoms with E-state index in [0.29, 0.717) is 12.5 Å². The number of aromatic nitrogens is 2. The minimum atomic E-state index is -0.220. The van der Waals surface area contributed by atoms with Gasteiger partial charge in [0.05, 0.1) is 0 Å². The van der Waals surface area contributed by atoms with Gasteiger partial charge in [-0.2, -0.15) is 0 Å². The van der Waals surface area contributed by atoms with Crippen LogP contribution in [-0.4, -0.2) is 46.9 Å². The van der Waals surface area contributed by atoms with Gasteiger partial charge in [0.2, 0.25) is 0 Å². The number of piperidine rings is 1. The third-order valence-electron chi connectivity index (χ3n) is 4.74. The first-order valence-corrected chi connectivity index (χ1v) is 10.4. The van der Waals surface area contributed by atoms with Crippen LogP contribution in [0.3, 0.4) is 0 Å². The zero-order chi connectivity index (χ0) is 19.1. The van der Waals surface area contributed by atoms with Crippen molar-refractivity contribution in [3.05, 3.63) is 47.7 Å². The molecule has 0 spiro atoms. The predicted octanol–water partition coefficient (Wildman–Crippen LogP) is 3.97. The third-order valence-corrected chi connectivity index (χ3v) is 5.31. The highest BCUT2D eigenvalue weighted by molar-refractivity contribution is 7.98. The third kappa shape index (κ3) is 5.85. The van der Waals surface area contributed by atoms with Gasteiger partial charge >= 0.3 is 6.09 Å². The summed E-state index contributed by atoms with van der Waals surface area (Å²) in [6.45, 7) is 4.70. The molecule has 1 aliphatic rings. The molecule has 1 saturated heterocycles. The minimum Gasteiger partial charge on any atom is -0.445 e. The predicted molar refractivity (Wildman–Crippen MR) is 108 cm³/mol. The van der Waals surface area contributed by atoms with Crippen LogP contribution in [0.1, 0.15) is 24.0 Å². The number of rotatable bonds is 6. The number of nitrogens with zero attached hydrogens (tertiary/aromatic N) is 3. The Morgan fingerprint density at radius 1 is 1.26 bits per heavy atom. The smallest absolute Gasteiger partial charge is 0.410 e. The summed E-state index contributed by atoms with van der Waals surface area (Å²) in [6.07, 6.45) is 5.45. The average molecular weight is 387 g/mol. The molecule has 0 bridgehead atoms. The number of nitrogens with one attached hydrogen (secondary N) is 1. The number of benzene rings is 1. The maximum absolute atomic E-state index is 12.3. The van der Waals surface area contributed by atoms with Crippen molar-refractivity contribution in [3.63, 3.8) is 0 Å². The minimum absolute atomic E-state index is 0.220. The SMILES string of the molecule is CSc1nccc(NCC2CCN(C(=O)OCc3ccc(C)cc3)CC2)n1. The standard InChI is InChI=1S/C20H26N4O2S/c1-15-3-5-17(6-4-15)14-26-20(25)24-11-8-16(9-12-24)13-22-18-7-10-21-19(23-18)27-2/h3-7,10,16H,8-9,11-14H2,1-2H3,(H,21,22,23). The Kier molecular flexibility index (Phi) is 6.92. The first kappa shape index (κ1) is 19.5. The molecule has 6 nitrogen and oxygen atoms in total. The Hall–Kier alpha value is -2.28. The van der Waals surface area contributed by atoms with Gasteiger partial charge in [-0.1, -0.05) is 41.6 Å². The molecule has 2 heterocycles. The monoisotopic (exact) mass is 386 g/mol. The number of hydrogen-bond acceptors (Lipinski definition) is 6. The van der Waals surface area contributed by atoms with Crippen LogP contribution in [0.15, 0.2) is 41.7 Å². The highest BCUT2D eigenvalue weighted by atomic mass is 32.2. The second kappa shape index (κ2) is 9.60. The normalized spacial score (nSPS) is 14.8. The molecular formula is C20H26N4O2S. The molecule has 0 aliphatic carbocycles. The maximum atomic E-state index is 12.3. The van der Waals surface area contributed by atoms with Crippen molar-refractivity contribution >= 4 is 23.7 Å². The van der Waals surface area contributed by atoms with Gasteiger partial charge in [-0.3, -0.25) is 0 Å². The van der Waals surface area contributed by atoms with Crippen molar-refractivity contribution in [2.24, 2.45) is 5.92 Å². The van der Waals surface area contributed by atoms with E-state index < -0.39 is 0 Å². The van der Waals surface area contributed by atoms with E-state index in [2.05, 4.69) is 15.3 Å². The topological polar surface area (TPSA) is 67.4 Å². The van der Waals surface area contributed by atoms with Gasteiger partial charge in [0.1, 0.15) is 12.4 Å². The van der Waals surface area contributed by atoms with Crippen LogP contribution in [0.5, 0.6) is 0 Å². The van der Waals surface area contributed by atoms with E-state index in [1.165, 1.54) is 17.3 Å². The largest absolute Gasteiger partial charge is 0.445 e. The van der Waals surface area contributed by atoms with Crippen LogP contribution in [-0.2, 0) is 11.3 Å². The van der Waals surface area contributed by atoms with E-state index >= 15 is 0 Å². The maximum Gasteiger partial charge on any atom is 0.410 e. The Balaban J connectivity index is 1.38. The highest BCUT2D eigenvalue weighted by Gasteiger charge is 2.23. The van der Waals surface area contributed by atoms with Crippen LogP contribution in [0, 0.1) is 12.8 Å². The number of likely N-dealkylation sites (tertiary alicyclic amines) is 1. The molecule has 144 valence electrons. The number of amides is 1. The molecule has 1 amide bonds. The van der Waals surface area contributed by atoms with Gasteiger partial charge in [-0.15, -0.1) is 0 Å². The van der Waals surface area contributed by atoms with Gasteiger partial charge in [0.25, 0.3) is 0 Å². The molecule has 3 rings (SSSR count). The lowest BCUT2D eigenvalue weighted by molar-refractivity contribution is 0.0832. The summed E-state index contributed by atoms with van der Waals surface area (Å²) < 4.78 is 5.45. The van der Waals surface area contributed by atoms with E-state index in [-0.39, 0.29) is 6.09 Å². The molecular weight excluding hydrogens is 360 g/mol. The number of anilines is 1. The molecule has 0 unspecified atom stereocenters. The fourth-order valence-electron chi connectivity index (χ4n) is 3.03. The molecule has 7 heteroatoms. The molecule has 0 radical (unpaired) electrons. The molecule has 1 aromatic carbocycles. The van der Waals surface area contributed by atoms with Crippen LogP contribution in [0.4, 0.5) is 10.6 Å². The second-order valence-electron chi connectivity index (χ2n) is 6.78. The molecule has 1 fully saturated rings. The van der Waals surface area contributed by atoms with Crippen LogP contribution < -0.4 is 5.32 Å². The highest BCUT2D eigenvalue weighted by Crippen LogP contribution is 2.19. The number of carbonyl (C=O) groups excluding carboxylic acids is 1. The van der Waals surface area contributed by atoms with Gasteiger partial charge < -0.3 is 15.0 Å². The van der Waals surface area contributed by atoms with Gasteiger partial charge in [-0.25, -0.2) is 14.8 Å². The van der Waals surface area contributed by atoms with Crippen LogP contribution in [0.2, 0.25) is 0 Å². The Bertz CT molecular complexity index is 746. The lowest BCUT2D eigenvalue weighted by Gasteiger charge is -2.31. The summed E-state index contributed by atoms with van der Waals surface area (Å²) in [5.41, 5.74) is 2.22. The number of carbonyl (C=O) groups is 1. The van der Waals surface area contributed by atoms with Crippen molar-refractivity contribution < 1.29 is 9.53 Å². The van der Waals surface area contributed by atoms with E-state index in [1.54, 1.807) is 11.1 Å². The lowest BCUT2D eigenvalue weighted by atomic mass is 9.97. The number of thioether (sulfide) groups is 1. The quantitative estimate of drug-likeness (QED) is 0.599. The molecule has 1 N–H and O–H groups in total. The lowest BCUT2D eigenvalue weighted by Crippen LogP contribution is -2.40. The van der Waals surface area contributed by atoms with Crippen molar-refractivity contribution in [2.45, 2.75) is 31.5 Å². The first-order chi connectivity index (χ1) is 13.1. The molecule has 1 aliphatic heterocycles. The van der Waals surface area contributed by atoms with Crippen molar-refractivity contribution in [2.75, 3.05) is 31.2 Å². The molecule has 27 heavy (non-hydrogen) atoms. The number of hydrogen-bond donors (Lipinski definition) is 1. The number of ether oxygens (including phenoxy) is 1. The molecule has 0 saturated carbocycles. The summed E-state index contributed by atoms with van der Waals surface area (Å²) in [6, 6.07) is 9.94. The van der Waals surface area contributed by atoms with E-state index in [9.17, 15) is 4.79 Å². The summed E-state index contributed by atoms with van der Waals surface area (Å²) in [7, 11) is 0. The van der Waals surface area contributed by atoms with Crippen molar-refractivity contribution in [1.29, 1.82) is 0 Å². The van der Waals surface area contributed by atoms with Crippen LogP contribution in [0.25, 0.3) is 0 Å². The second-order valence-corrected chi connectivity index (χ2v) is 7.55.